The predicted molar refractivity (Wildman–Crippen MR) is 124 cm³/mol. The van der Waals surface area contributed by atoms with Crippen LogP contribution in [0.3, 0.4) is 0 Å². The Morgan fingerprint density at radius 1 is 0.607 bits per heavy atom. The molecule has 0 aromatic carbocycles. The molecular weight excluding hydrogens is 346 g/mol. The molecule has 168 valence electrons. The van der Waals surface area contributed by atoms with E-state index in [-0.39, 0.29) is 6.03 Å². The van der Waals surface area contributed by atoms with Gasteiger partial charge < -0.3 is 15.5 Å². The van der Waals surface area contributed by atoms with Gasteiger partial charge in [0.1, 0.15) is 0 Å². The van der Waals surface area contributed by atoms with E-state index in [4.69, 9.17) is 0 Å². The second kappa shape index (κ2) is 22.5. The normalized spacial score (nSPS) is 11.1. The largest absolute Gasteiger partial charge is 0.338 e. The molecule has 0 atom stereocenters. The Hall–Kier alpha value is -0.770. The fourth-order valence-corrected chi connectivity index (χ4v) is 3.46. The molecule has 0 aliphatic rings. The maximum absolute atomic E-state index is 11.6. The van der Waals surface area contributed by atoms with Crippen molar-refractivity contribution in [1.82, 2.24) is 15.5 Å². The van der Waals surface area contributed by atoms with Gasteiger partial charge in [-0.05, 0) is 20.0 Å². The van der Waals surface area contributed by atoms with Gasteiger partial charge in [-0.2, -0.15) is 0 Å². The molecule has 0 fully saturated rings. The zero-order valence-corrected chi connectivity index (χ0v) is 19.5. The Balaban J connectivity index is 3.12. The van der Waals surface area contributed by atoms with Gasteiger partial charge in [0, 0.05) is 19.6 Å². The van der Waals surface area contributed by atoms with Gasteiger partial charge in [-0.25, -0.2) is 4.79 Å². The summed E-state index contributed by atoms with van der Waals surface area (Å²) in [5.41, 5.74) is 0. The van der Waals surface area contributed by atoms with E-state index in [0.717, 1.165) is 32.6 Å². The summed E-state index contributed by atoms with van der Waals surface area (Å²) < 4.78 is 0. The highest BCUT2D eigenvalue weighted by Crippen LogP contribution is 2.13. The van der Waals surface area contributed by atoms with Gasteiger partial charge in [0.15, 0.2) is 0 Å². The monoisotopic (exact) mass is 397 g/mol. The van der Waals surface area contributed by atoms with Crippen molar-refractivity contribution in [3.05, 3.63) is 0 Å². The van der Waals surface area contributed by atoms with Gasteiger partial charge in [0.25, 0.3) is 0 Å². The molecule has 0 rings (SSSR count). The smallest absolute Gasteiger partial charge is 0.314 e. The molecule has 0 aromatic rings. The highest BCUT2D eigenvalue weighted by Gasteiger charge is 2.00. The van der Waals surface area contributed by atoms with Crippen molar-refractivity contribution in [2.24, 2.45) is 0 Å². The maximum Gasteiger partial charge on any atom is 0.314 e. The first-order valence-electron chi connectivity index (χ1n) is 12.4. The summed E-state index contributed by atoms with van der Waals surface area (Å²) in [6.07, 6.45) is 22.1. The van der Waals surface area contributed by atoms with E-state index in [1.807, 2.05) is 0 Å². The van der Waals surface area contributed by atoms with Crippen LogP contribution in [0.5, 0.6) is 0 Å². The second-order valence-corrected chi connectivity index (χ2v) is 8.38. The molecule has 0 aromatic heterocycles. The third-order valence-electron chi connectivity index (χ3n) is 5.63. The number of amides is 2. The van der Waals surface area contributed by atoms with E-state index in [1.54, 1.807) is 0 Å². The lowest BCUT2D eigenvalue weighted by Crippen LogP contribution is -2.39. The second-order valence-electron chi connectivity index (χ2n) is 8.38. The van der Waals surface area contributed by atoms with E-state index in [1.165, 1.54) is 96.3 Å². The van der Waals surface area contributed by atoms with Crippen molar-refractivity contribution < 1.29 is 4.79 Å². The van der Waals surface area contributed by atoms with Crippen molar-refractivity contribution in [2.75, 3.05) is 33.2 Å². The number of unbranched alkanes of at least 4 members (excludes halogenated alkanes) is 15. The van der Waals surface area contributed by atoms with Crippen LogP contribution in [-0.2, 0) is 0 Å². The summed E-state index contributed by atoms with van der Waals surface area (Å²) in [7, 11) is 2.07. The number of likely N-dealkylation sites (N-methyl/N-ethyl adjacent to an activating group) is 1. The van der Waals surface area contributed by atoms with Crippen LogP contribution in [0, 0.1) is 0 Å². The number of hydrogen-bond acceptors (Lipinski definition) is 2. The fourth-order valence-electron chi connectivity index (χ4n) is 3.46. The zero-order chi connectivity index (χ0) is 20.7. The molecule has 2 amide bonds. The van der Waals surface area contributed by atoms with Crippen LogP contribution in [0.4, 0.5) is 4.79 Å². The Morgan fingerprint density at radius 2 is 1.00 bits per heavy atom. The molecule has 0 saturated heterocycles. The van der Waals surface area contributed by atoms with Crippen molar-refractivity contribution in [1.29, 1.82) is 0 Å². The molecule has 0 heterocycles. The topological polar surface area (TPSA) is 44.4 Å². The Bertz CT molecular complexity index is 323. The Labute approximate surface area is 176 Å². The van der Waals surface area contributed by atoms with E-state index in [9.17, 15) is 4.79 Å². The number of carbonyl (C=O) groups is 1. The van der Waals surface area contributed by atoms with Crippen LogP contribution in [0.2, 0.25) is 0 Å². The number of nitrogens with one attached hydrogen (secondary N) is 2. The summed E-state index contributed by atoms with van der Waals surface area (Å²) in [6.45, 7) is 7.85. The summed E-state index contributed by atoms with van der Waals surface area (Å²) >= 11 is 0. The van der Waals surface area contributed by atoms with Crippen LogP contribution in [0.25, 0.3) is 0 Å². The maximum atomic E-state index is 11.6. The minimum Gasteiger partial charge on any atom is -0.338 e. The molecule has 0 saturated carbocycles. The third-order valence-corrected chi connectivity index (χ3v) is 5.63. The molecular formula is C24H51N3O. The number of nitrogens with zero attached hydrogens (tertiary/aromatic N) is 1. The molecule has 0 aliphatic heterocycles. The predicted octanol–water partition coefficient (Wildman–Crippen LogP) is 6.50. The van der Waals surface area contributed by atoms with Crippen LogP contribution in [0.1, 0.15) is 117 Å². The lowest BCUT2D eigenvalue weighted by atomic mass is 10.0. The standard InChI is InChI=1S/C24H51N3O/c1-4-6-7-8-9-10-11-12-13-14-15-16-17-18-19-20-21-25-24(28)26-22-23-27(3)5-2/h4-23H2,1-3H3,(H2,25,26,28). The quantitative estimate of drug-likeness (QED) is 0.217. The van der Waals surface area contributed by atoms with Gasteiger partial charge in [-0.15, -0.1) is 0 Å². The molecule has 0 aliphatic carbocycles. The highest BCUT2D eigenvalue weighted by molar-refractivity contribution is 5.73. The highest BCUT2D eigenvalue weighted by atomic mass is 16.2. The van der Waals surface area contributed by atoms with E-state index in [0.29, 0.717) is 0 Å². The lowest BCUT2D eigenvalue weighted by molar-refractivity contribution is 0.238. The molecule has 0 bridgehead atoms. The number of hydrogen-bond donors (Lipinski definition) is 2. The summed E-state index contributed by atoms with van der Waals surface area (Å²) in [4.78, 5) is 13.8. The molecule has 0 unspecified atom stereocenters. The first kappa shape index (κ1) is 27.2. The van der Waals surface area contributed by atoms with Crippen molar-refractivity contribution in [2.45, 2.75) is 117 Å². The number of carbonyl (C=O) groups excluding carboxylic acids is 1. The first-order chi connectivity index (χ1) is 13.7. The van der Waals surface area contributed by atoms with Crippen molar-refractivity contribution >= 4 is 6.03 Å². The molecule has 4 nitrogen and oxygen atoms in total. The summed E-state index contributed by atoms with van der Waals surface area (Å²) in [5, 5.41) is 5.87. The molecule has 0 radical (unpaired) electrons. The minimum absolute atomic E-state index is 0.0227. The van der Waals surface area contributed by atoms with E-state index >= 15 is 0 Å². The molecule has 2 N–H and O–H groups in total. The summed E-state index contributed by atoms with van der Waals surface area (Å²) in [5.74, 6) is 0. The molecule has 28 heavy (non-hydrogen) atoms. The first-order valence-corrected chi connectivity index (χ1v) is 12.4. The zero-order valence-electron chi connectivity index (χ0n) is 19.5. The van der Waals surface area contributed by atoms with Gasteiger partial charge >= 0.3 is 6.03 Å². The van der Waals surface area contributed by atoms with E-state index in [2.05, 4.69) is 36.4 Å². The summed E-state index contributed by atoms with van der Waals surface area (Å²) in [6, 6.07) is -0.0227. The van der Waals surface area contributed by atoms with Crippen LogP contribution >= 0.6 is 0 Å². The number of urea groups is 1. The minimum atomic E-state index is -0.0227. The van der Waals surface area contributed by atoms with E-state index < -0.39 is 0 Å². The van der Waals surface area contributed by atoms with Crippen LogP contribution < -0.4 is 10.6 Å². The van der Waals surface area contributed by atoms with Crippen LogP contribution in [-0.4, -0.2) is 44.2 Å². The molecule has 0 spiro atoms. The van der Waals surface area contributed by atoms with Gasteiger partial charge in [-0.3, -0.25) is 0 Å². The third kappa shape index (κ3) is 21.5. The SMILES string of the molecule is CCCCCCCCCCCCCCCCCCNC(=O)NCCN(C)CC. The fraction of sp³-hybridized carbons (Fsp3) is 0.958. The van der Waals surface area contributed by atoms with Gasteiger partial charge in [0.05, 0.1) is 0 Å². The van der Waals surface area contributed by atoms with Gasteiger partial charge in [-0.1, -0.05) is 110 Å². The average Bonchev–Trinajstić information content (AvgIpc) is 2.70. The Kier molecular flexibility index (Phi) is 21.9. The lowest BCUT2D eigenvalue weighted by Gasteiger charge is -2.14. The molecule has 4 heteroatoms. The number of rotatable bonds is 21. The van der Waals surface area contributed by atoms with Crippen molar-refractivity contribution in [3.63, 3.8) is 0 Å². The Morgan fingerprint density at radius 3 is 1.43 bits per heavy atom. The van der Waals surface area contributed by atoms with Crippen LogP contribution in [0.15, 0.2) is 0 Å². The average molecular weight is 398 g/mol. The van der Waals surface area contributed by atoms with Crippen molar-refractivity contribution in [3.8, 4) is 0 Å². The van der Waals surface area contributed by atoms with Gasteiger partial charge in [0.2, 0.25) is 0 Å².